The molecular formula is C26H29F2N3O2S. The van der Waals surface area contributed by atoms with Gasteiger partial charge in [-0.25, -0.2) is 17.2 Å². The lowest BCUT2D eigenvalue weighted by Crippen LogP contribution is -2.35. The van der Waals surface area contributed by atoms with Crippen molar-refractivity contribution in [1.82, 2.24) is 9.88 Å². The van der Waals surface area contributed by atoms with Crippen molar-refractivity contribution in [3.8, 4) is 0 Å². The number of benzene rings is 2. The molecule has 2 heterocycles. The second-order valence-corrected chi connectivity index (χ2v) is 10.9. The minimum Gasteiger partial charge on any atom is -0.370 e. The average Bonchev–Trinajstić information content (AvgIpc) is 3.24. The molecule has 2 aromatic carbocycles. The van der Waals surface area contributed by atoms with Gasteiger partial charge in [0.05, 0.1) is 11.4 Å². The molecule has 4 rings (SSSR count). The summed E-state index contributed by atoms with van der Waals surface area (Å²) >= 11 is 0. The third kappa shape index (κ3) is 5.13. The van der Waals surface area contributed by atoms with Gasteiger partial charge < -0.3 is 4.90 Å². The smallest absolute Gasteiger partial charge is 0.189 e. The summed E-state index contributed by atoms with van der Waals surface area (Å²) in [5.41, 5.74) is 2.61. The second kappa shape index (κ2) is 9.80. The molecule has 0 aliphatic carbocycles. The van der Waals surface area contributed by atoms with Crippen molar-refractivity contribution in [2.45, 2.75) is 43.5 Å². The second-order valence-electron chi connectivity index (χ2n) is 8.95. The van der Waals surface area contributed by atoms with Crippen LogP contribution in [-0.2, 0) is 22.1 Å². The maximum absolute atomic E-state index is 15.3. The molecule has 0 bridgehead atoms. The van der Waals surface area contributed by atoms with Crippen LogP contribution in [0.5, 0.6) is 0 Å². The number of hydrogen-bond acceptors (Lipinski definition) is 5. The highest BCUT2D eigenvalue weighted by Crippen LogP contribution is 2.33. The molecule has 0 unspecified atom stereocenters. The normalized spacial score (nSPS) is 16.7. The number of pyridine rings is 1. The molecule has 0 radical (unpaired) electrons. The molecular weight excluding hydrogens is 456 g/mol. The topological polar surface area (TPSA) is 53.5 Å². The highest BCUT2D eigenvalue weighted by Gasteiger charge is 2.32. The van der Waals surface area contributed by atoms with Crippen molar-refractivity contribution >= 4 is 15.5 Å². The zero-order valence-corrected chi connectivity index (χ0v) is 20.4. The predicted octanol–water partition coefficient (Wildman–Crippen LogP) is 4.66. The summed E-state index contributed by atoms with van der Waals surface area (Å²) in [5, 5.41) is 0. The molecule has 180 valence electrons. The standard InChI is InChI=1S/C26H29F2N3O2S/c1-18-8-7-11-21(29-18)17-34(32,33)26-23(27)14-24(19(2)25(26)28)30(3)22-12-13-31(16-22)15-20-9-5-4-6-10-20/h4-11,14,22H,12-13,15-17H2,1-3H3/t22-/m0/s1. The van der Waals surface area contributed by atoms with Crippen molar-refractivity contribution < 1.29 is 17.2 Å². The Morgan fingerprint density at radius 2 is 1.82 bits per heavy atom. The Balaban J connectivity index is 1.55. The Kier molecular flexibility index (Phi) is 7.00. The van der Waals surface area contributed by atoms with Crippen LogP contribution in [0.3, 0.4) is 0 Å². The van der Waals surface area contributed by atoms with Crippen LogP contribution in [-0.4, -0.2) is 44.5 Å². The Labute approximate surface area is 200 Å². The first kappa shape index (κ1) is 24.3. The van der Waals surface area contributed by atoms with Crippen LogP contribution < -0.4 is 4.90 Å². The van der Waals surface area contributed by atoms with E-state index in [0.717, 1.165) is 32.1 Å². The fraction of sp³-hybridized carbons (Fsp3) is 0.346. The zero-order valence-electron chi connectivity index (χ0n) is 19.6. The van der Waals surface area contributed by atoms with Crippen molar-refractivity contribution in [3.05, 3.63) is 88.7 Å². The van der Waals surface area contributed by atoms with Gasteiger partial charge in [0.2, 0.25) is 0 Å². The number of nitrogens with zero attached hydrogens (tertiary/aromatic N) is 3. The highest BCUT2D eigenvalue weighted by molar-refractivity contribution is 7.90. The summed E-state index contributed by atoms with van der Waals surface area (Å²) in [7, 11) is -2.45. The lowest BCUT2D eigenvalue weighted by Gasteiger charge is -2.29. The summed E-state index contributed by atoms with van der Waals surface area (Å²) in [6.07, 6.45) is 0.852. The zero-order chi connectivity index (χ0) is 24.5. The van der Waals surface area contributed by atoms with Crippen LogP contribution >= 0.6 is 0 Å². The third-order valence-electron chi connectivity index (χ3n) is 6.41. The number of aromatic nitrogens is 1. The Morgan fingerprint density at radius 1 is 1.09 bits per heavy atom. The third-order valence-corrected chi connectivity index (χ3v) is 8.08. The molecule has 0 saturated carbocycles. The number of sulfone groups is 1. The van der Waals surface area contributed by atoms with Crippen LogP contribution in [0.15, 0.2) is 59.5 Å². The number of rotatable bonds is 7. The van der Waals surface area contributed by atoms with Gasteiger partial charge in [-0.05, 0) is 44.0 Å². The quantitative estimate of drug-likeness (QED) is 0.487. The molecule has 0 spiro atoms. The van der Waals surface area contributed by atoms with E-state index in [2.05, 4.69) is 22.0 Å². The number of likely N-dealkylation sites (tertiary alicyclic amines) is 1. The van der Waals surface area contributed by atoms with E-state index in [0.29, 0.717) is 11.4 Å². The van der Waals surface area contributed by atoms with Gasteiger partial charge in [-0.1, -0.05) is 36.4 Å². The predicted molar refractivity (Wildman–Crippen MR) is 129 cm³/mol. The molecule has 34 heavy (non-hydrogen) atoms. The van der Waals surface area contributed by atoms with E-state index < -0.39 is 32.1 Å². The first-order valence-corrected chi connectivity index (χ1v) is 12.9. The summed E-state index contributed by atoms with van der Waals surface area (Å²) in [5.74, 6) is -2.67. The highest BCUT2D eigenvalue weighted by atomic mass is 32.2. The molecule has 1 saturated heterocycles. The largest absolute Gasteiger partial charge is 0.370 e. The lowest BCUT2D eigenvalue weighted by molar-refractivity contribution is 0.326. The van der Waals surface area contributed by atoms with Crippen molar-refractivity contribution in [2.75, 3.05) is 25.0 Å². The van der Waals surface area contributed by atoms with E-state index in [1.165, 1.54) is 18.6 Å². The van der Waals surface area contributed by atoms with Gasteiger partial charge in [-0.3, -0.25) is 9.88 Å². The Hall–Kier alpha value is -2.84. The number of halogens is 2. The molecule has 3 aromatic rings. The number of aryl methyl sites for hydroxylation is 1. The molecule has 1 aliphatic heterocycles. The summed E-state index contributed by atoms with van der Waals surface area (Å²) in [6.45, 7) is 5.69. The Morgan fingerprint density at radius 3 is 2.53 bits per heavy atom. The molecule has 1 fully saturated rings. The van der Waals surface area contributed by atoms with Gasteiger partial charge in [0, 0.05) is 49.7 Å². The van der Waals surface area contributed by atoms with Gasteiger partial charge in [0.25, 0.3) is 0 Å². The van der Waals surface area contributed by atoms with Crippen LogP contribution in [0, 0.1) is 25.5 Å². The van der Waals surface area contributed by atoms with Crippen LogP contribution in [0.4, 0.5) is 14.5 Å². The first-order chi connectivity index (χ1) is 16.2. The fourth-order valence-corrected chi connectivity index (χ4v) is 6.07. The molecule has 1 aliphatic rings. The van der Waals surface area contributed by atoms with Crippen LogP contribution in [0.25, 0.3) is 0 Å². The number of hydrogen-bond donors (Lipinski definition) is 0. The monoisotopic (exact) mass is 485 g/mol. The van der Waals surface area contributed by atoms with Crippen molar-refractivity contribution in [1.29, 1.82) is 0 Å². The number of anilines is 1. The van der Waals surface area contributed by atoms with E-state index in [9.17, 15) is 8.42 Å². The van der Waals surface area contributed by atoms with Gasteiger partial charge in [0.1, 0.15) is 16.5 Å². The van der Waals surface area contributed by atoms with E-state index in [-0.39, 0.29) is 17.3 Å². The molecule has 0 N–H and O–H groups in total. The summed E-state index contributed by atoms with van der Waals surface area (Å²) < 4.78 is 56.3. The molecule has 1 aromatic heterocycles. The molecule has 8 heteroatoms. The SMILES string of the molecule is Cc1cccc(CS(=O)(=O)c2c(F)cc(N(C)[C@H]3CCN(Cc4ccccc4)C3)c(C)c2F)n1. The fourth-order valence-electron chi connectivity index (χ4n) is 4.59. The summed E-state index contributed by atoms with van der Waals surface area (Å²) in [6, 6.07) is 16.3. The maximum Gasteiger partial charge on any atom is 0.189 e. The Bertz CT molecular complexity index is 1280. The van der Waals surface area contributed by atoms with E-state index in [1.54, 1.807) is 19.1 Å². The lowest BCUT2D eigenvalue weighted by atomic mass is 10.1. The van der Waals surface area contributed by atoms with Crippen LogP contribution in [0.1, 0.15) is 28.9 Å². The minimum absolute atomic E-state index is 0.0696. The summed E-state index contributed by atoms with van der Waals surface area (Å²) in [4.78, 5) is 7.46. The minimum atomic E-state index is -4.26. The van der Waals surface area contributed by atoms with Crippen molar-refractivity contribution in [2.24, 2.45) is 0 Å². The molecule has 0 amide bonds. The maximum atomic E-state index is 15.3. The van der Waals surface area contributed by atoms with Crippen molar-refractivity contribution in [3.63, 3.8) is 0 Å². The average molecular weight is 486 g/mol. The first-order valence-electron chi connectivity index (χ1n) is 11.3. The van der Waals surface area contributed by atoms with Gasteiger partial charge >= 0.3 is 0 Å². The van der Waals surface area contributed by atoms with Gasteiger partial charge in [0.15, 0.2) is 9.84 Å². The number of likely N-dealkylation sites (N-methyl/N-ethyl adjacent to an activating group) is 1. The van der Waals surface area contributed by atoms with E-state index in [4.69, 9.17) is 0 Å². The van der Waals surface area contributed by atoms with Crippen LogP contribution in [0.2, 0.25) is 0 Å². The molecule has 1 atom stereocenters. The van der Waals surface area contributed by atoms with Gasteiger partial charge in [-0.2, -0.15) is 0 Å². The van der Waals surface area contributed by atoms with E-state index >= 15 is 8.78 Å². The van der Waals surface area contributed by atoms with Gasteiger partial charge in [-0.15, -0.1) is 0 Å². The van der Waals surface area contributed by atoms with E-state index in [1.807, 2.05) is 30.1 Å². The molecule has 5 nitrogen and oxygen atoms in total.